The number of fused-ring (bicyclic) bond motifs is 1. The van der Waals surface area contributed by atoms with Gasteiger partial charge in [0.05, 0.1) is 0 Å². The number of carboxylic acid groups (broad SMARTS) is 1. The summed E-state index contributed by atoms with van der Waals surface area (Å²) in [4.78, 5) is 22.2. The first-order chi connectivity index (χ1) is 7.30. The Kier molecular flexibility index (Phi) is 2.23. The molecule has 2 aliphatic carbocycles. The van der Waals surface area contributed by atoms with Crippen molar-refractivity contribution >= 4 is 11.9 Å². The Bertz CT molecular complexity index is 358. The average molecular weight is 230 g/mol. The molecule has 7 N–H and O–H groups in total. The Hall–Kier alpha value is -1.18. The van der Waals surface area contributed by atoms with Crippen LogP contribution < -0.4 is 11.5 Å². The molecular weight excluding hydrogens is 216 g/mol. The third-order valence-corrected chi connectivity index (χ3v) is 3.86. The molecule has 2 saturated carbocycles. The van der Waals surface area contributed by atoms with Crippen molar-refractivity contribution in [1.82, 2.24) is 0 Å². The van der Waals surface area contributed by atoms with Gasteiger partial charge in [-0.15, -0.1) is 0 Å². The van der Waals surface area contributed by atoms with Crippen molar-refractivity contribution in [3.63, 3.8) is 0 Å². The molecule has 0 heterocycles. The smallest absolute Gasteiger partial charge is 0.324 e. The van der Waals surface area contributed by atoms with Crippen LogP contribution in [-0.4, -0.2) is 39.0 Å². The molecule has 16 heavy (non-hydrogen) atoms. The molecule has 0 aromatic rings. The van der Waals surface area contributed by atoms with Crippen molar-refractivity contribution in [2.24, 2.45) is 35.1 Å². The predicted octanol–water partition coefficient (Wildman–Crippen LogP) is -2.55. The molecule has 0 radical (unpaired) electrons. The molecule has 0 spiro atoms. The van der Waals surface area contributed by atoms with Crippen molar-refractivity contribution in [3.8, 4) is 0 Å². The Morgan fingerprint density at radius 1 is 1.38 bits per heavy atom. The van der Waals surface area contributed by atoms with Crippen molar-refractivity contribution in [2.45, 2.75) is 18.2 Å². The molecule has 0 aromatic carbocycles. The summed E-state index contributed by atoms with van der Waals surface area (Å²) in [6.07, 6.45) is -1.68. The van der Waals surface area contributed by atoms with E-state index < -0.39 is 47.4 Å². The van der Waals surface area contributed by atoms with E-state index in [0.717, 1.165) is 0 Å². The molecule has 7 nitrogen and oxygen atoms in total. The summed E-state index contributed by atoms with van der Waals surface area (Å²) in [5.74, 6) is -4.20. The third kappa shape index (κ3) is 1.25. The van der Waals surface area contributed by atoms with Gasteiger partial charge in [0.2, 0.25) is 5.91 Å². The van der Waals surface area contributed by atoms with Crippen molar-refractivity contribution in [3.05, 3.63) is 0 Å². The maximum absolute atomic E-state index is 11.1. The predicted molar refractivity (Wildman–Crippen MR) is 50.6 cm³/mol. The fraction of sp³-hybridized carbons (Fsp3) is 0.778. The molecule has 5 atom stereocenters. The van der Waals surface area contributed by atoms with Gasteiger partial charge >= 0.3 is 5.97 Å². The summed E-state index contributed by atoms with van der Waals surface area (Å²) in [6, 6.07) is 0. The number of aliphatic hydroxyl groups excluding tert-OH is 1. The van der Waals surface area contributed by atoms with Gasteiger partial charge in [-0.25, -0.2) is 0 Å². The van der Waals surface area contributed by atoms with Gasteiger partial charge in [0, 0.05) is 11.8 Å². The lowest BCUT2D eigenvalue weighted by Gasteiger charge is -2.24. The zero-order valence-corrected chi connectivity index (χ0v) is 8.41. The Morgan fingerprint density at radius 2 is 1.94 bits per heavy atom. The van der Waals surface area contributed by atoms with E-state index >= 15 is 0 Å². The van der Waals surface area contributed by atoms with Gasteiger partial charge in [-0.05, 0) is 18.3 Å². The quantitative estimate of drug-likeness (QED) is 0.337. The van der Waals surface area contributed by atoms with E-state index in [0.29, 0.717) is 0 Å². The maximum Gasteiger partial charge on any atom is 0.324 e. The first kappa shape index (κ1) is 11.3. The summed E-state index contributed by atoms with van der Waals surface area (Å²) < 4.78 is 0. The first-order valence-electron chi connectivity index (χ1n) is 4.98. The summed E-state index contributed by atoms with van der Waals surface area (Å²) in [5, 5.41) is 27.2. The van der Waals surface area contributed by atoms with E-state index in [-0.39, 0.29) is 6.42 Å². The molecule has 7 heteroatoms. The number of hydrogen-bond donors (Lipinski definition) is 5. The van der Waals surface area contributed by atoms with Crippen LogP contribution in [0.3, 0.4) is 0 Å². The number of amides is 1. The van der Waals surface area contributed by atoms with E-state index in [2.05, 4.69) is 0 Å². The number of carbonyl (C=O) groups is 2. The van der Waals surface area contributed by atoms with E-state index in [1.807, 2.05) is 0 Å². The second-order valence-electron chi connectivity index (χ2n) is 4.65. The van der Waals surface area contributed by atoms with Crippen LogP contribution in [0, 0.1) is 23.7 Å². The Morgan fingerprint density at radius 3 is 2.31 bits per heavy atom. The minimum absolute atomic E-state index is 0.0315. The number of aliphatic carboxylic acids is 1. The minimum atomic E-state index is -1.65. The molecule has 0 aromatic heterocycles. The average Bonchev–Trinajstić information content (AvgIpc) is 2.81. The first-order valence-corrected chi connectivity index (χ1v) is 4.98. The second kappa shape index (κ2) is 3.16. The van der Waals surface area contributed by atoms with Gasteiger partial charge in [0.15, 0.2) is 6.29 Å². The zero-order valence-electron chi connectivity index (χ0n) is 8.41. The lowest BCUT2D eigenvalue weighted by Crippen LogP contribution is -2.51. The molecule has 0 bridgehead atoms. The molecule has 2 aliphatic rings. The number of aliphatic hydroxyl groups is 2. The molecule has 0 aliphatic heterocycles. The van der Waals surface area contributed by atoms with Crippen LogP contribution in [0.1, 0.15) is 6.42 Å². The molecule has 2 fully saturated rings. The molecule has 4 unspecified atom stereocenters. The highest BCUT2D eigenvalue weighted by molar-refractivity contribution is 5.86. The van der Waals surface area contributed by atoms with Crippen LogP contribution in [0.15, 0.2) is 0 Å². The van der Waals surface area contributed by atoms with Gasteiger partial charge in [0.25, 0.3) is 0 Å². The largest absolute Gasteiger partial charge is 0.480 e. The van der Waals surface area contributed by atoms with Gasteiger partial charge in [-0.2, -0.15) is 0 Å². The highest BCUT2D eigenvalue weighted by Crippen LogP contribution is 2.64. The van der Waals surface area contributed by atoms with Crippen LogP contribution in [0.25, 0.3) is 0 Å². The lowest BCUT2D eigenvalue weighted by molar-refractivity contribution is -0.145. The van der Waals surface area contributed by atoms with E-state index in [4.69, 9.17) is 26.8 Å². The SMILES string of the molecule is NC(=O)[C@@H]1CC(N)(C(=O)O)C2C(C(O)O)C21. The summed E-state index contributed by atoms with van der Waals surface area (Å²) in [6.45, 7) is 0. The molecule has 1 amide bonds. The van der Waals surface area contributed by atoms with E-state index in [1.54, 1.807) is 0 Å². The Balaban J connectivity index is 2.29. The highest BCUT2D eigenvalue weighted by atomic mass is 16.5. The fourth-order valence-electron chi connectivity index (χ4n) is 3.10. The standard InChI is InChI=1S/C9H14N2O5/c10-6(12)2-1-9(11,8(15)16)5-3(2)4(5)7(13)14/h2-5,7,13-14H,1,11H2,(H2,10,12)(H,15,16)/t2-,3?,4?,5?,9?/m1/s1. The van der Waals surface area contributed by atoms with Gasteiger partial charge in [-0.1, -0.05) is 0 Å². The number of rotatable bonds is 3. The monoisotopic (exact) mass is 230 g/mol. The normalized spacial score (nSPS) is 45.5. The number of carboxylic acids is 1. The number of primary amides is 1. The van der Waals surface area contributed by atoms with Crippen molar-refractivity contribution in [2.75, 3.05) is 0 Å². The van der Waals surface area contributed by atoms with Crippen LogP contribution in [0.4, 0.5) is 0 Å². The van der Waals surface area contributed by atoms with Gasteiger partial charge in [-0.3, -0.25) is 9.59 Å². The van der Waals surface area contributed by atoms with E-state index in [1.165, 1.54) is 0 Å². The highest BCUT2D eigenvalue weighted by Gasteiger charge is 2.73. The summed E-state index contributed by atoms with van der Waals surface area (Å²) in [7, 11) is 0. The maximum atomic E-state index is 11.1. The summed E-state index contributed by atoms with van der Waals surface area (Å²) in [5.41, 5.74) is 9.29. The molecule has 0 saturated heterocycles. The lowest BCUT2D eigenvalue weighted by atomic mass is 9.87. The fourth-order valence-corrected chi connectivity index (χ4v) is 3.10. The molecule has 2 rings (SSSR count). The minimum Gasteiger partial charge on any atom is -0.480 e. The zero-order chi connectivity index (χ0) is 12.2. The summed E-state index contributed by atoms with van der Waals surface area (Å²) >= 11 is 0. The Labute approximate surface area is 91.0 Å². The topological polar surface area (TPSA) is 147 Å². The molecular formula is C9H14N2O5. The third-order valence-electron chi connectivity index (χ3n) is 3.86. The number of hydrogen-bond acceptors (Lipinski definition) is 5. The van der Waals surface area contributed by atoms with Gasteiger partial charge < -0.3 is 26.8 Å². The van der Waals surface area contributed by atoms with Crippen LogP contribution in [0.2, 0.25) is 0 Å². The van der Waals surface area contributed by atoms with Gasteiger partial charge in [0.1, 0.15) is 5.54 Å². The van der Waals surface area contributed by atoms with Crippen LogP contribution in [0.5, 0.6) is 0 Å². The number of nitrogens with two attached hydrogens (primary N) is 2. The van der Waals surface area contributed by atoms with Crippen LogP contribution in [-0.2, 0) is 9.59 Å². The number of carbonyl (C=O) groups excluding carboxylic acids is 1. The van der Waals surface area contributed by atoms with Crippen molar-refractivity contribution < 1.29 is 24.9 Å². The van der Waals surface area contributed by atoms with Crippen molar-refractivity contribution in [1.29, 1.82) is 0 Å². The van der Waals surface area contributed by atoms with Crippen LogP contribution >= 0.6 is 0 Å². The molecule has 90 valence electrons. The van der Waals surface area contributed by atoms with E-state index in [9.17, 15) is 9.59 Å². The second-order valence-corrected chi connectivity index (χ2v) is 4.65.